The molecule has 0 saturated heterocycles. The molecule has 0 aliphatic carbocycles. The Kier molecular flexibility index (Phi) is 25.7. The third-order valence-electron chi connectivity index (χ3n) is 18.2. The van der Waals surface area contributed by atoms with Crippen molar-refractivity contribution in [2.75, 3.05) is 0 Å². The third-order valence-corrected chi connectivity index (χ3v) is 18.2. The van der Waals surface area contributed by atoms with Gasteiger partial charge in [-0.05, 0) is 202 Å². The van der Waals surface area contributed by atoms with Gasteiger partial charge in [0.2, 0.25) is 0 Å². The first-order chi connectivity index (χ1) is 56.2. The van der Waals surface area contributed by atoms with Crippen molar-refractivity contribution in [1.82, 2.24) is 79.7 Å². The van der Waals surface area contributed by atoms with Gasteiger partial charge < -0.3 is 24.9 Å². The second-order valence-electron chi connectivity index (χ2n) is 27.7. The van der Waals surface area contributed by atoms with E-state index >= 15 is 0 Å². The van der Waals surface area contributed by atoms with E-state index in [1.807, 2.05) is 195 Å². The van der Waals surface area contributed by atoms with Gasteiger partial charge in [-0.25, -0.2) is 15.0 Å². The Hall–Kier alpha value is -11.8. The summed E-state index contributed by atoms with van der Waals surface area (Å²) in [6.45, 7) is 16.8. The predicted octanol–water partition coefficient (Wildman–Crippen LogP) is 29.6. The first-order valence-electron chi connectivity index (χ1n) is 36.1. The summed E-state index contributed by atoms with van der Waals surface area (Å²) >= 11 is 0. The monoisotopic (exact) mass is 1940 g/mol. The Morgan fingerprint density at radius 1 is 0.228 bits per heavy atom. The molecule has 0 unspecified atom stereocenters. The fourth-order valence-electron chi connectivity index (χ4n) is 12.6. The number of nitrogens with one attached hydrogen (secondary N) is 3. The van der Waals surface area contributed by atoms with E-state index in [1.165, 1.54) is 87.6 Å². The number of para-hydroxylation sites is 8. The van der Waals surface area contributed by atoms with Gasteiger partial charge in [0.05, 0.1) is 77.2 Å². The van der Waals surface area contributed by atoms with E-state index in [0.717, 1.165) is 99.9 Å². The summed E-state index contributed by atoms with van der Waals surface area (Å²) in [5.41, 5.74) is 25.6. The maximum atomic E-state index is 9.87. The molecule has 20 aromatic rings. The molecule has 39 heteroatoms. The van der Waals surface area contributed by atoms with E-state index in [2.05, 4.69) is 184 Å². The number of rotatable bonds is 2. The van der Waals surface area contributed by atoms with E-state index in [4.69, 9.17) is 0 Å². The molecule has 0 aliphatic rings. The molecule has 0 aliphatic heterocycles. The number of aromatic nitrogens is 16. The van der Waals surface area contributed by atoms with Crippen LogP contribution < -0.4 is 4.98 Å². The number of fused-ring (bicyclic) bond motifs is 16. The van der Waals surface area contributed by atoms with Crippen molar-refractivity contribution in [1.29, 1.82) is 0 Å². The topological polar surface area (TPSA) is 216 Å². The quantitative estimate of drug-likeness (QED) is 0.0636. The van der Waals surface area contributed by atoms with E-state index in [-0.39, 0.29) is 39.0 Å². The zero-order valence-electron chi connectivity index (χ0n) is 65.3. The smallest absolute Gasteiger partial charge is 0.433 e. The molecule has 1 radical (unpaired) electrons. The zero-order valence-corrected chi connectivity index (χ0v) is 71.4. The van der Waals surface area contributed by atoms with Gasteiger partial charge >= 0.3 is 118 Å². The summed E-state index contributed by atoms with van der Waals surface area (Å²) in [6, 6.07) is 65.0. The van der Waals surface area contributed by atoms with Gasteiger partial charge in [0.25, 0.3) is 0 Å². The minimum absolute atomic E-state index is 0. The molecular weight excluding hydrogens is 1870 g/mol. The largest absolute Gasteiger partial charge is 1.00 e. The van der Waals surface area contributed by atoms with Crippen LogP contribution in [0.5, 0.6) is 0 Å². The number of halogens is 18. The van der Waals surface area contributed by atoms with Crippen LogP contribution in [0.4, 0.5) is 75.5 Å². The Morgan fingerprint density at radius 2 is 0.407 bits per heavy atom. The van der Waals surface area contributed by atoms with Crippen LogP contribution in [0.3, 0.4) is 0 Å². The third kappa shape index (κ3) is 26.6. The molecule has 643 valence electrons. The van der Waals surface area contributed by atoms with Crippen molar-refractivity contribution >= 4 is 155 Å². The average Bonchev–Trinajstić information content (AvgIpc) is 1.77. The minimum Gasteiger partial charge on any atom is -0.433 e. The second-order valence-corrected chi connectivity index (χ2v) is 33.4. The number of pyridine rings is 8. The van der Waals surface area contributed by atoms with Crippen LogP contribution >= 0.6 is 23.4 Å². The van der Waals surface area contributed by atoms with Crippen LogP contribution in [0.15, 0.2) is 244 Å². The van der Waals surface area contributed by atoms with Gasteiger partial charge in [-0.2, -0.15) is 0 Å². The summed E-state index contributed by atoms with van der Waals surface area (Å²) in [7, 11) is -32.0. The van der Waals surface area contributed by atoms with Crippen molar-refractivity contribution in [3.63, 3.8) is 0 Å². The summed E-state index contributed by atoms with van der Waals surface area (Å²) in [5.74, 6) is 2.90. The Bertz CT molecular complexity index is 6060. The second kappa shape index (κ2) is 33.8. The number of nitrogens with zero attached hydrogens (tertiary/aromatic N) is 13. The van der Waals surface area contributed by atoms with E-state index in [0.29, 0.717) is 11.6 Å². The Morgan fingerprint density at radius 3 is 0.610 bits per heavy atom. The number of aromatic amines is 3. The minimum atomic E-state index is -10.7. The van der Waals surface area contributed by atoms with Crippen LogP contribution in [0.25, 0.3) is 155 Å². The standard InChI is InChI=1S/C14H10N4.C14H9N4.4C14H12N2.3F6P.2Ru/c2*1-2-6-10-9(5-1)15-13(16-10)14-17-11-7-3-4-8-12(11)18-14;4*1-9-5-7-15-13-11(9)3-4-12-10(2)6-8-16-14(12)13;3*1-7(2,3,4,5)6;;/h1-8H,(H,15,16)(H,17,18);1-8H,(H-,15,16,17,18);4*3-8H,1-2H3;;;;;/q;-1;;;;;3*-1;;+1. The zero-order chi connectivity index (χ0) is 87.6. The van der Waals surface area contributed by atoms with E-state index < -0.39 is 23.4 Å². The van der Waals surface area contributed by atoms with Crippen LogP contribution in [0.1, 0.15) is 44.5 Å². The Balaban J connectivity index is 0.000000147. The van der Waals surface area contributed by atoms with Gasteiger partial charge in [-0.15, -0.1) is 0 Å². The molecule has 0 saturated carbocycles. The number of benzene rings is 8. The molecule has 123 heavy (non-hydrogen) atoms. The van der Waals surface area contributed by atoms with Gasteiger partial charge in [-0.1, -0.05) is 109 Å². The van der Waals surface area contributed by atoms with Gasteiger partial charge in [-0.3, -0.25) is 39.9 Å². The molecular formula is C84H67F18N16P3Ru2-3. The van der Waals surface area contributed by atoms with Crippen molar-refractivity contribution < 1.29 is 115 Å². The van der Waals surface area contributed by atoms with E-state index in [1.54, 1.807) is 0 Å². The molecule has 8 aromatic carbocycles. The molecule has 0 amide bonds. The van der Waals surface area contributed by atoms with Crippen LogP contribution in [-0.4, -0.2) is 74.8 Å². The number of imidazole rings is 4. The average molecular weight is 1940 g/mol. The maximum absolute atomic E-state index is 10.7. The molecule has 0 atom stereocenters. The van der Waals surface area contributed by atoms with Crippen LogP contribution in [-0.2, 0) is 39.0 Å². The molecule has 0 fully saturated rings. The summed E-state index contributed by atoms with van der Waals surface area (Å²) < 4.78 is 178. The normalized spacial score (nSPS) is 13.1. The first-order valence-corrected chi connectivity index (χ1v) is 42.1. The van der Waals surface area contributed by atoms with E-state index in [9.17, 15) is 75.5 Å². The summed E-state index contributed by atoms with van der Waals surface area (Å²) in [5, 5.41) is 9.50. The SMILES string of the molecule is Cc1ccnc2c1ccc1c(C)ccnc12.Cc1ccnc2c1ccc1c(C)ccnc12.Cc1ccnc2c1ccc1c(C)ccnc12.Cc1ccnc2c1ccc1c(C)ccnc12.F[P-](F)(F)(F)(F)F.F[P-](F)(F)(F)(F)F.F[P-](F)(F)(F)(F)F.[Ru+].[Ru].c1ccc2[n-]c(-c3nc4ccccc4[nH]3)nc2c1.c1ccc2[nH]c(-c3nc4ccccc4[nH]3)nc2c1. The van der Waals surface area contributed by atoms with Crippen LogP contribution in [0.2, 0.25) is 0 Å². The fourth-order valence-corrected chi connectivity index (χ4v) is 12.6. The molecule has 12 heterocycles. The molecule has 0 bridgehead atoms. The summed E-state index contributed by atoms with van der Waals surface area (Å²) in [4.78, 5) is 67.9. The number of H-pyrrole nitrogens is 3. The number of hydrogen-bond acceptors (Lipinski definition) is 12. The van der Waals surface area contributed by atoms with Gasteiger partial charge in [0, 0.05) is 112 Å². The Labute approximate surface area is 711 Å². The molecule has 0 spiro atoms. The predicted molar refractivity (Wildman–Crippen MR) is 448 cm³/mol. The van der Waals surface area contributed by atoms with Crippen molar-refractivity contribution in [2.24, 2.45) is 0 Å². The molecule has 16 nitrogen and oxygen atoms in total. The van der Waals surface area contributed by atoms with Gasteiger partial charge in [0.15, 0.2) is 11.6 Å². The van der Waals surface area contributed by atoms with Crippen LogP contribution in [0, 0.1) is 55.4 Å². The van der Waals surface area contributed by atoms with Crippen molar-refractivity contribution in [2.45, 2.75) is 55.4 Å². The summed E-state index contributed by atoms with van der Waals surface area (Å²) in [6.07, 6.45) is 14.8. The van der Waals surface area contributed by atoms with Gasteiger partial charge in [0.1, 0.15) is 5.82 Å². The number of aryl methyl sites for hydroxylation is 8. The maximum Gasteiger partial charge on any atom is 1.00 e. The molecule has 12 aromatic heterocycles. The number of hydrogen-bond donors (Lipinski definition) is 3. The van der Waals surface area contributed by atoms with Crippen molar-refractivity contribution in [3.8, 4) is 23.3 Å². The molecule has 3 N–H and O–H groups in total. The first kappa shape index (κ1) is 93.5. The molecule has 20 rings (SSSR count). The fraction of sp³-hybridized carbons (Fsp3) is 0.0952. The van der Waals surface area contributed by atoms with Crippen molar-refractivity contribution in [3.05, 3.63) is 288 Å².